The Bertz CT molecular complexity index is 527. The summed E-state index contributed by atoms with van der Waals surface area (Å²) in [5, 5.41) is 2.94. The molecule has 0 aliphatic carbocycles. The van der Waals surface area contributed by atoms with Crippen LogP contribution in [0, 0.1) is 0 Å². The number of nitrogens with zero attached hydrogens (tertiary/aromatic N) is 1. The third-order valence-electron chi connectivity index (χ3n) is 3.45. The van der Waals surface area contributed by atoms with Gasteiger partial charge in [-0.15, -0.1) is 0 Å². The lowest BCUT2D eigenvalue weighted by molar-refractivity contribution is 1.23. The van der Waals surface area contributed by atoms with Gasteiger partial charge in [0, 0.05) is 18.4 Å². The first-order valence-corrected chi connectivity index (χ1v) is 11.3. The molecule has 0 spiro atoms. The molecule has 0 saturated heterocycles. The van der Waals surface area contributed by atoms with Gasteiger partial charge in [-0.05, 0) is 49.4 Å². The van der Waals surface area contributed by atoms with E-state index in [1.165, 1.54) is 22.0 Å². The molecule has 2 aromatic rings. The number of anilines is 2. The number of benzene rings is 2. The fourth-order valence-electron chi connectivity index (χ4n) is 2.38. The van der Waals surface area contributed by atoms with Crippen molar-refractivity contribution in [2.75, 3.05) is 38.6 Å². The van der Waals surface area contributed by atoms with E-state index in [0.29, 0.717) is 0 Å². The molecule has 0 amide bonds. The van der Waals surface area contributed by atoms with Gasteiger partial charge in [0.2, 0.25) is 0 Å². The molecule has 0 aromatic heterocycles. The van der Waals surface area contributed by atoms with Crippen molar-refractivity contribution < 1.29 is 0 Å². The van der Waals surface area contributed by atoms with Crippen LogP contribution in [0.25, 0.3) is 0 Å². The van der Waals surface area contributed by atoms with Gasteiger partial charge < -0.3 is 4.90 Å². The molecule has 2 aromatic carbocycles. The van der Waals surface area contributed by atoms with Crippen LogP contribution in [0.3, 0.4) is 0 Å². The maximum Gasteiger partial charge on any atom is 0.0486 e. The standard InChI is InChI=1S/C17H23NP2/c1-18(14-10-6-8-12-16(14)19(2)3)15-11-7-9-13-17(15)20(4)5/h6-13H,1-5H3. The number of rotatable bonds is 4. The Morgan fingerprint density at radius 2 is 1.00 bits per heavy atom. The molecular formula is C17H23NP2. The molecular weight excluding hydrogens is 280 g/mol. The molecule has 0 bridgehead atoms. The molecule has 0 aliphatic rings. The Morgan fingerprint density at radius 3 is 1.35 bits per heavy atom. The Morgan fingerprint density at radius 1 is 0.650 bits per heavy atom. The second kappa shape index (κ2) is 6.70. The SMILES string of the molecule is CN(c1ccccc1P(C)C)c1ccccc1P(C)C. The first kappa shape index (κ1) is 15.5. The summed E-state index contributed by atoms with van der Waals surface area (Å²) in [6.07, 6.45) is 0. The second-order valence-corrected chi connectivity index (χ2v) is 9.87. The van der Waals surface area contributed by atoms with Crippen LogP contribution in [0.5, 0.6) is 0 Å². The lowest BCUT2D eigenvalue weighted by Gasteiger charge is -2.27. The van der Waals surface area contributed by atoms with Crippen LogP contribution in [-0.2, 0) is 0 Å². The van der Waals surface area contributed by atoms with E-state index in [1.54, 1.807) is 0 Å². The molecule has 3 heteroatoms. The molecule has 1 nitrogen and oxygen atoms in total. The van der Waals surface area contributed by atoms with E-state index >= 15 is 0 Å². The Hall–Kier alpha value is -0.900. The van der Waals surface area contributed by atoms with Crippen LogP contribution in [0.2, 0.25) is 0 Å². The van der Waals surface area contributed by atoms with E-state index in [9.17, 15) is 0 Å². The van der Waals surface area contributed by atoms with Gasteiger partial charge in [0.1, 0.15) is 0 Å². The smallest absolute Gasteiger partial charge is 0.0486 e. The molecule has 0 unspecified atom stereocenters. The van der Waals surface area contributed by atoms with E-state index in [-0.39, 0.29) is 15.8 Å². The first-order chi connectivity index (χ1) is 9.52. The van der Waals surface area contributed by atoms with Crippen molar-refractivity contribution in [2.24, 2.45) is 0 Å². The molecule has 0 fully saturated rings. The summed E-state index contributed by atoms with van der Waals surface area (Å²) in [6, 6.07) is 17.6. The van der Waals surface area contributed by atoms with E-state index in [2.05, 4.69) is 87.1 Å². The van der Waals surface area contributed by atoms with Crippen LogP contribution in [-0.4, -0.2) is 33.7 Å². The molecule has 0 aliphatic heterocycles. The fraction of sp³-hybridized carbons (Fsp3) is 0.294. The van der Waals surface area contributed by atoms with Gasteiger partial charge in [0.15, 0.2) is 0 Å². The lowest BCUT2D eigenvalue weighted by Crippen LogP contribution is -2.22. The lowest BCUT2D eigenvalue weighted by atomic mass is 10.2. The summed E-state index contributed by atoms with van der Waals surface area (Å²) >= 11 is 0. The Labute approximate surface area is 125 Å². The van der Waals surface area contributed by atoms with Crippen LogP contribution in [0.15, 0.2) is 48.5 Å². The molecule has 0 heterocycles. The first-order valence-electron chi connectivity index (χ1n) is 6.79. The van der Waals surface area contributed by atoms with Crippen LogP contribution >= 0.6 is 15.8 Å². The number of hydrogen-bond donors (Lipinski definition) is 0. The summed E-state index contributed by atoms with van der Waals surface area (Å²) in [5.41, 5.74) is 2.68. The summed E-state index contributed by atoms with van der Waals surface area (Å²) in [6.45, 7) is 9.28. The van der Waals surface area contributed by atoms with Gasteiger partial charge in [-0.3, -0.25) is 0 Å². The summed E-state index contributed by atoms with van der Waals surface area (Å²) < 4.78 is 0. The minimum atomic E-state index is -0.101. The molecule has 106 valence electrons. The van der Waals surface area contributed by atoms with Crippen LogP contribution < -0.4 is 15.5 Å². The quantitative estimate of drug-likeness (QED) is 0.766. The summed E-state index contributed by atoms with van der Waals surface area (Å²) in [7, 11) is 1.99. The van der Waals surface area contributed by atoms with Crippen molar-refractivity contribution in [3.8, 4) is 0 Å². The highest BCUT2D eigenvalue weighted by Crippen LogP contribution is 2.35. The van der Waals surface area contributed by atoms with Gasteiger partial charge in [0.05, 0.1) is 0 Å². The zero-order valence-electron chi connectivity index (χ0n) is 13.0. The van der Waals surface area contributed by atoms with Gasteiger partial charge >= 0.3 is 0 Å². The Kier molecular flexibility index (Phi) is 5.19. The third kappa shape index (κ3) is 3.22. The number of para-hydroxylation sites is 2. The molecule has 0 N–H and O–H groups in total. The fourth-order valence-corrected chi connectivity index (χ4v) is 4.52. The summed E-state index contributed by atoms with van der Waals surface area (Å²) in [5.74, 6) is 0. The largest absolute Gasteiger partial charge is 0.344 e. The van der Waals surface area contributed by atoms with Crippen molar-refractivity contribution in [1.82, 2.24) is 0 Å². The maximum atomic E-state index is 2.36. The minimum Gasteiger partial charge on any atom is -0.344 e. The molecule has 0 radical (unpaired) electrons. The van der Waals surface area contributed by atoms with E-state index in [0.717, 1.165) is 0 Å². The van der Waals surface area contributed by atoms with Crippen molar-refractivity contribution in [2.45, 2.75) is 0 Å². The van der Waals surface area contributed by atoms with Gasteiger partial charge in [0.25, 0.3) is 0 Å². The van der Waals surface area contributed by atoms with Gasteiger partial charge in [-0.25, -0.2) is 0 Å². The van der Waals surface area contributed by atoms with Crippen molar-refractivity contribution >= 4 is 37.8 Å². The maximum absolute atomic E-state index is 2.36. The van der Waals surface area contributed by atoms with Crippen LogP contribution in [0.4, 0.5) is 11.4 Å². The molecule has 20 heavy (non-hydrogen) atoms. The van der Waals surface area contributed by atoms with Crippen molar-refractivity contribution in [1.29, 1.82) is 0 Å². The topological polar surface area (TPSA) is 3.24 Å². The predicted molar refractivity (Wildman–Crippen MR) is 97.8 cm³/mol. The molecule has 0 saturated carbocycles. The highest BCUT2D eigenvalue weighted by Gasteiger charge is 2.14. The second-order valence-electron chi connectivity index (χ2n) is 5.33. The summed E-state index contributed by atoms with van der Waals surface area (Å²) in [4.78, 5) is 2.36. The third-order valence-corrected chi connectivity index (χ3v) is 6.13. The average molecular weight is 303 g/mol. The average Bonchev–Trinajstić information content (AvgIpc) is 2.46. The zero-order chi connectivity index (χ0) is 14.7. The van der Waals surface area contributed by atoms with Crippen molar-refractivity contribution in [3.63, 3.8) is 0 Å². The van der Waals surface area contributed by atoms with E-state index in [1.807, 2.05) is 0 Å². The number of hydrogen-bond acceptors (Lipinski definition) is 1. The monoisotopic (exact) mass is 303 g/mol. The van der Waals surface area contributed by atoms with E-state index in [4.69, 9.17) is 0 Å². The zero-order valence-corrected chi connectivity index (χ0v) is 14.7. The van der Waals surface area contributed by atoms with Crippen molar-refractivity contribution in [3.05, 3.63) is 48.5 Å². The molecule has 0 atom stereocenters. The Balaban J connectivity index is 2.50. The van der Waals surface area contributed by atoms with E-state index < -0.39 is 0 Å². The highest BCUT2D eigenvalue weighted by molar-refractivity contribution is 7.64. The van der Waals surface area contributed by atoms with Gasteiger partial charge in [-0.1, -0.05) is 52.2 Å². The predicted octanol–water partition coefficient (Wildman–Crippen LogP) is 4.19. The highest BCUT2D eigenvalue weighted by atomic mass is 31.1. The van der Waals surface area contributed by atoms with Gasteiger partial charge in [-0.2, -0.15) is 0 Å². The van der Waals surface area contributed by atoms with Crippen LogP contribution in [0.1, 0.15) is 0 Å². The molecule has 2 rings (SSSR count). The normalized spacial score (nSPS) is 11.2. The minimum absolute atomic E-state index is 0.101.